The summed E-state index contributed by atoms with van der Waals surface area (Å²) in [5.41, 5.74) is -0.0270. The summed E-state index contributed by atoms with van der Waals surface area (Å²) in [6.45, 7) is 3.05. The highest BCUT2D eigenvalue weighted by molar-refractivity contribution is 9.10. The molecule has 0 saturated carbocycles. The van der Waals surface area contributed by atoms with E-state index in [2.05, 4.69) is 22.9 Å². The predicted octanol–water partition coefficient (Wildman–Crippen LogP) is 2.96. The fourth-order valence-corrected chi connectivity index (χ4v) is 5.06. The van der Waals surface area contributed by atoms with E-state index in [0.717, 1.165) is 19.3 Å². The summed E-state index contributed by atoms with van der Waals surface area (Å²) in [6.07, 6.45) is 2.83. The van der Waals surface area contributed by atoms with Crippen molar-refractivity contribution >= 4 is 31.9 Å². The first-order valence-corrected chi connectivity index (χ1v) is 9.12. The molecule has 1 aliphatic rings. The summed E-state index contributed by atoms with van der Waals surface area (Å²) < 4.78 is 27.4. The highest BCUT2D eigenvalue weighted by atomic mass is 79.9. The lowest BCUT2D eigenvalue weighted by Crippen LogP contribution is -2.39. The van der Waals surface area contributed by atoms with Gasteiger partial charge in [-0.2, -0.15) is 4.31 Å². The molecule has 1 N–H and O–H groups in total. The lowest BCUT2D eigenvalue weighted by molar-refractivity contribution is 0.0696. The Hall–Kier alpha value is -0.920. The molecular formula is C14H18BrNO4S. The molecule has 0 aliphatic carbocycles. The molecule has 1 unspecified atom stereocenters. The molecule has 1 aromatic rings. The summed E-state index contributed by atoms with van der Waals surface area (Å²) in [7, 11) is -3.67. The number of hydrogen-bond donors (Lipinski definition) is 1. The van der Waals surface area contributed by atoms with Crippen molar-refractivity contribution in [3.63, 3.8) is 0 Å². The number of hydrogen-bond acceptors (Lipinski definition) is 3. The van der Waals surface area contributed by atoms with Crippen LogP contribution in [0.2, 0.25) is 0 Å². The average molecular weight is 376 g/mol. The molecule has 0 bridgehead atoms. The molecule has 2 rings (SSSR count). The Morgan fingerprint density at radius 3 is 2.81 bits per heavy atom. The van der Waals surface area contributed by atoms with Crippen LogP contribution in [-0.2, 0) is 10.0 Å². The van der Waals surface area contributed by atoms with Crippen LogP contribution >= 0.6 is 15.9 Å². The molecule has 1 aromatic carbocycles. The molecular weight excluding hydrogens is 358 g/mol. The number of piperidine rings is 1. The van der Waals surface area contributed by atoms with Crippen LogP contribution in [0.15, 0.2) is 27.6 Å². The molecule has 5 nitrogen and oxygen atoms in total. The standard InChI is InChI=1S/C14H18BrNO4S/c1-2-10-4-3-7-16(9-10)21(19,20)13-8-11(14(17)18)5-6-12(13)15/h5-6,8,10H,2-4,7,9H2,1H3,(H,17,18). The van der Waals surface area contributed by atoms with Crippen LogP contribution < -0.4 is 0 Å². The monoisotopic (exact) mass is 375 g/mol. The Balaban J connectivity index is 2.39. The lowest BCUT2D eigenvalue weighted by atomic mass is 9.97. The molecule has 1 fully saturated rings. The van der Waals surface area contributed by atoms with Crippen LogP contribution in [0.25, 0.3) is 0 Å². The molecule has 1 aliphatic heterocycles. The number of nitrogens with zero attached hydrogens (tertiary/aromatic N) is 1. The Morgan fingerprint density at radius 1 is 1.48 bits per heavy atom. The van der Waals surface area contributed by atoms with E-state index in [1.165, 1.54) is 22.5 Å². The minimum Gasteiger partial charge on any atom is -0.478 e. The summed E-state index contributed by atoms with van der Waals surface area (Å²) in [5, 5.41) is 9.03. The predicted molar refractivity (Wildman–Crippen MR) is 82.9 cm³/mol. The van der Waals surface area contributed by atoms with Gasteiger partial charge in [0.2, 0.25) is 10.0 Å². The highest BCUT2D eigenvalue weighted by Crippen LogP contribution is 2.30. The van der Waals surface area contributed by atoms with Crippen molar-refractivity contribution in [2.24, 2.45) is 5.92 Å². The van der Waals surface area contributed by atoms with Crippen LogP contribution in [0.3, 0.4) is 0 Å². The third-order valence-corrected chi connectivity index (χ3v) is 6.71. The lowest BCUT2D eigenvalue weighted by Gasteiger charge is -2.31. The first-order valence-electron chi connectivity index (χ1n) is 6.89. The molecule has 0 spiro atoms. The molecule has 0 aromatic heterocycles. The quantitative estimate of drug-likeness (QED) is 0.877. The van der Waals surface area contributed by atoms with Crippen LogP contribution in [0.1, 0.15) is 36.5 Å². The molecule has 7 heteroatoms. The Kier molecular flexibility index (Phi) is 5.06. The summed E-state index contributed by atoms with van der Waals surface area (Å²) in [6, 6.07) is 4.07. The number of halogens is 1. The number of rotatable bonds is 4. The molecule has 0 radical (unpaired) electrons. The van der Waals surface area contributed by atoms with Gasteiger partial charge in [-0.25, -0.2) is 13.2 Å². The van der Waals surface area contributed by atoms with Crippen molar-refractivity contribution in [3.05, 3.63) is 28.2 Å². The van der Waals surface area contributed by atoms with Crippen molar-refractivity contribution < 1.29 is 18.3 Å². The fourth-order valence-electron chi connectivity index (χ4n) is 2.55. The smallest absolute Gasteiger partial charge is 0.335 e. The van der Waals surface area contributed by atoms with E-state index in [1.54, 1.807) is 0 Å². The first-order chi connectivity index (χ1) is 9.86. The minimum atomic E-state index is -3.67. The van der Waals surface area contributed by atoms with E-state index in [-0.39, 0.29) is 10.5 Å². The number of benzene rings is 1. The van der Waals surface area contributed by atoms with Crippen LogP contribution in [-0.4, -0.2) is 36.9 Å². The second-order valence-electron chi connectivity index (χ2n) is 5.23. The third kappa shape index (κ3) is 3.46. The SMILES string of the molecule is CCC1CCCN(S(=O)(=O)c2cc(C(=O)O)ccc2Br)C1. The average Bonchev–Trinajstić information content (AvgIpc) is 2.47. The van der Waals surface area contributed by atoms with Gasteiger partial charge in [0.1, 0.15) is 0 Å². The number of carbonyl (C=O) groups is 1. The Morgan fingerprint density at radius 2 is 2.19 bits per heavy atom. The van der Waals surface area contributed by atoms with Crippen molar-refractivity contribution in [1.29, 1.82) is 0 Å². The van der Waals surface area contributed by atoms with E-state index < -0.39 is 16.0 Å². The largest absolute Gasteiger partial charge is 0.478 e. The van der Waals surface area contributed by atoms with Crippen molar-refractivity contribution in [2.75, 3.05) is 13.1 Å². The zero-order valence-electron chi connectivity index (χ0n) is 11.8. The van der Waals surface area contributed by atoms with Crippen molar-refractivity contribution in [1.82, 2.24) is 4.31 Å². The van der Waals surface area contributed by atoms with Crippen LogP contribution in [0.4, 0.5) is 0 Å². The van der Waals surface area contributed by atoms with E-state index in [9.17, 15) is 13.2 Å². The minimum absolute atomic E-state index is 0.0270. The van der Waals surface area contributed by atoms with Gasteiger partial charge in [-0.15, -0.1) is 0 Å². The van der Waals surface area contributed by atoms with E-state index in [1.807, 2.05) is 0 Å². The van der Waals surface area contributed by atoms with Crippen LogP contribution in [0, 0.1) is 5.92 Å². The number of carboxylic acid groups (broad SMARTS) is 1. The van der Waals surface area contributed by atoms with Gasteiger partial charge >= 0.3 is 5.97 Å². The maximum atomic E-state index is 12.7. The topological polar surface area (TPSA) is 74.7 Å². The van der Waals surface area contributed by atoms with Gasteiger partial charge in [0.25, 0.3) is 0 Å². The molecule has 21 heavy (non-hydrogen) atoms. The Labute approximate surface area is 133 Å². The first kappa shape index (κ1) is 16.5. The van der Waals surface area contributed by atoms with Gasteiger partial charge in [0.15, 0.2) is 0 Å². The zero-order chi connectivity index (χ0) is 15.6. The molecule has 1 atom stereocenters. The van der Waals surface area contributed by atoms with Crippen molar-refractivity contribution in [3.8, 4) is 0 Å². The van der Waals surface area contributed by atoms with Gasteiger partial charge in [-0.3, -0.25) is 0 Å². The maximum absolute atomic E-state index is 12.7. The van der Waals surface area contributed by atoms with Gasteiger partial charge in [-0.1, -0.05) is 13.3 Å². The Bertz CT molecular complexity index is 644. The zero-order valence-corrected chi connectivity index (χ0v) is 14.2. The fraction of sp³-hybridized carbons (Fsp3) is 0.500. The van der Waals surface area contributed by atoms with Crippen molar-refractivity contribution in [2.45, 2.75) is 31.1 Å². The second-order valence-corrected chi connectivity index (χ2v) is 7.99. The molecule has 1 heterocycles. The summed E-state index contributed by atoms with van der Waals surface area (Å²) in [4.78, 5) is 11.1. The van der Waals surface area contributed by atoms with Gasteiger partial charge in [0.05, 0.1) is 10.5 Å². The summed E-state index contributed by atoms with van der Waals surface area (Å²) in [5.74, 6) is -0.765. The molecule has 116 valence electrons. The normalized spacial score (nSPS) is 20.4. The molecule has 1 saturated heterocycles. The maximum Gasteiger partial charge on any atom is 0.335 e. The van der Waals surface area contributed by atoms with Gasteiger partial charge in [-0.05, 0) is 52.9 Å². The second kappa shape index (κ2) is 6.46. The van der Waals surface area contributed by atoms with E-state index in [4.69, 9.17) is 5.11 Å². The molecule has 0 amide bonds. The van der Waals surface area contributed by atoms with E-state index >= 15 is 0 Å². The highest BCUT2D eigenvalue weighted by Gasteiger charge is 2.31. The number of aromatic carboxylic acids is 1. The number of carboxylic acids is 1. The van der Waals surface area contributed by atoms with E-state index in [0.29, 0.717) is 23.5 Å². The number of sulfonamides is 1. The third-order valence-electron chi connectivity index (χ3n) is 3.86. The summed E-state index contributed by atoms with van der Waals surface area (Å²) >= 11 is 3.22. The van der Waals surface area contributed by atoms with Crippen LogP contribution in [0.5, 0.6) is 0 Å². The van der Waals surface area contributed by atoms with Gasteiger partial charge in [0, 0.05) is 17.6 Å². The van der Waals surface area contributed by atoms with Gasteiger partial charge < -0.3 is 5.11 Å².